The molecule has 0 atom stereocenters. The molecule has 112 valence electrons. The van der Waals surface area contributed by atoms with E-state index in [0.29, 0.717) is 5.82 Å². The van der Waals surface area contributed by atoms with Crippen molar-refractivity contribution in [2.45, 2.75) is 0 Å². The monoisotopic (exact) mass is 301 g/mol. The Labute approximate surface area is 133 Å². The van der Waals surface area contributed by atoms with Crippen molar-refractivity contribution in [3.63, 3.8) is 0 Å². The van der Waals surface area contributed by atoms with Gasteiger partial charge in [0.25, 0.3) is 0 Å². The number of nitrogens with zero attached hydrogens (tertiary/aromatic N) is 3. The van der Waals surface area contributed by atoms with Gasteiger partial charge in [-0.2, -0.15) is 0 Å². The third-order valence-corrected chi connectivity index (χ3v) is 3.83. The molecule has 2 aromatic carbocycles. The van der Waals surface area contributed by atoms with E-state index in [9.17, 15) is 0 Å². The quantitative estimate of drug-likeness (QED) is 0.557. The summed E-state index contributed by atoms with van der Waals surface area (Å²) < 4.78 is 2.00. The Morgan fingerprint density at radius 2 is 1.70 bits per heavy atom. The minimum atomic E-state index is 0.448. The van der Waals surface area contributed by atoms with Crippen LogP contribution in [0, 0.1) is 0 Å². The largest absolute Gasteiger partial charge is 0.399 e. The molecule has 0 amide bonds. The summed E-state index contributed by atoms with van der Waals surface area (Å²) in [6, 6.07) is 18.0. The van der Waals surface area contributed by atoms with Gasteiger partial charge in [-0.1, -0.05) is 24.3 Å². The number of nitrogens with two attached hydrogens (primary N) is 2. The number of hydrogen-bond donors (Lipinski definition) is 2. The molecule has 4 rings (SSSR count). The average molecular weight is 301 g/mol. The fraction of sp³-hybridized carbons (Fsp3) is 0. The van der Waals surface area contributed by atoms with Crippen molar-refractivity contribution in [2.75, 3.05) is 11.5 Å². The third-order valence-electron chi connectivity index (χ3n) is 3.83. The molecule has 0 unspecified atom stereocenters. The Morgan fingerprint density at radius 1 is 0.826 bits per heavy atom. The summed E-state index contributed by atoms with van der Waals surface area (Å²) in [6.07, 6.45) is 3.45. The number of anilines is 2. The maximum atomic E-state index is 5.89. The molecule has 23 heavy (non-hydrogen) atoms. The van der Waals surface area contributed by atoms with E-state index in [1.54, 1.807) is 6.07 Å². The first-order chi connectivity index (χ1) is 11.2. The summed E-state index contributed by atoms with van der Waals surface area (Å²) in [5.41, 5.74) is 15.7. The molecule has 0 fully saturated rings. The Balaban J connectivity index is 1.90. The van der Waals surface area contributed by atoms with E-state index in [2.05, 4.69) is 34.2 Å². The maximum Gasteiger partial charge on any atom is 0.142 e. The first-order valence-electron chi connectivity index (χ1n) is 7.26. The molecule has 2 heterocycles. The van der Waals surface area contributed by atoms with E-state index in [1.165, 1.54) is 6.33 Å². The van der Waals surface area contributed by atoms with Gasteiger partial charge in [-0.15, -0.1) is 0 Å². The van der Waals surface area contributed by atoms with Gasteiger partial charge in [-0.05, 0) is 35.4 Å². The summed E-state index contributed by atoms with van der Waals surface area (Å²) in [5, 5.41) is 1.13. The molecular weight excluding hydrogens is 286 g/mol. The number of rotatable bonds is 2. The summed E-state index contributed by atoms with van der Waals surface area (Å²) in [7, 11) is 0. The highest BCUT2D eigenvalue weighted by Crippen LogP contribution is 2.27. The molecule has 0 aliphatic heterocycles. The van der Waals surface area contributed by atoms with Crippen molar-refractivity contribution >= 4 is 22.4 Å². The number of hydrogen-bond acceptors (Lipinski definition) is 4. The van der Waals surface area contributed by atoms with Crippen LogP contribution in [0.15, 0.2) is 67.1 Å². The van der Waals surface area contributed by atoms with Gasteiger partial charge in [0.15, 0.2) is 0 Å². The van der Waals surface area contributed by atoms with Gasteiger partial charge in [0.1, 0.15) is 18.0 Å². The standard InChI is InChI=1S/C18H15N5/c19-15-3-1-2-13(8-15)14-5-4-12-6-7-23(16(12)9-14)18-10-17(20)21-11-22-18/h1-11H,19H2,(H2,20,21,22). The van der Waals surface area contributed by atoms with Gasteiger partial charge in [0, 0.05) is 23.3 Å². The maximum absolute atomic E-state index is 5.89. The van der Waals surface area contributed by atoms with Gasteiger partial charge in [-0.3, -0.25) is 0 Å². The fourth-order valence-electron chi connectivity index (χ4n) is 2.72. The molecule has 4 aromatic rings. The zero-order chi connectivity index (χ0) is 15.8. The van der Waals surface area contributed by atoms with Crippen molar-refractivity contribution in [3.05, 3.63) is 67.1 Å². The first kappa shape index (κ1) is 13.3. The zero-order valence-corrected chi connectivity index (χ0v) is 12.3. The molecule has 0 spiro atoms. The van der Waals surface area contributed by atoms with Crippen molar-refractivity contribution in [1.82, 2.24) is 14.5 Å². The van der Waals surface area contributed by atoms with Crippen LogP contribution >= 0.6 is 0 Å². The molecular formula is C18H15N5. The molecule has 4 N–H and O–H groups in total. The zero-order valence-electron chi connectivity index (χ0n) is 12.3. The Morgan fingerprint density at radius 3 is 2.52 bits per heavy atom. The van der Waals surface area contributed by atoms with Crippen LogP contribution in [0.3, 0.4) is 0 Å². The highest BCUT2D eigenvalue weighted by molar-refractivity contribution is 5.87. The smallest absolute Gasteiger partial charge is 0.142 e. The summed E-state index contributed by atoms with van der Waals surface area (Å²) >= 11 is 0. The second-order valence-corrected chi connectivity index (χ2v) is 5.39. The Kier molecular flexibility index (Phi) is 2.98. The average Bonchev–Trinajstić information content (AvgIpc) is 2.98. The summed E-state index contributed by atoms with van der Waals surface area (Å²) in [5.74, 6) is 1.20. The van der Waals surface area contributed by atoms with Crippen molar-refractivity contribution in [2.24, 2.45) is 0 Å². The van der Waals surface area contributed by atoms with Gasteiger partial charge in [0.2, 0.25) is 0 Å². The third kappa shape index (κ3) is 2.38. The highest BCUT2D eigenvalue weighted by Gasteiger charge is 2.07. The SMILES string of the molecule is Nc1cccc(-c2ccc3ccn(-c4cc(N)ncn4)c3c2)c1. The van der Waals surface area contributed by atoms with Crippen LogP contribution < -0.4 is 11.5 Å². The van der Waals surface area contributed by atoms with Crippen LogP contribution in [0.2, 0.25) is 0 Å². The van der Waals surface area contributed by atoms with Crippen LogP contribution in [-0.4, -0.2) is 14.5 Å². The molecule has 5 nitrogen and oxygen atoms in total. The number of benzene rings is 2. The van der Waals surface area contributed by atoms with Crippen molar-refractivity contribution in [3.8, 4) is 16.9 Å². The molecule has 0 aliphatic carbocycles. The van der Waals surface area contributed by atoms with E-state index in [4.69, 9.17) is 11.5 Å². The summed E-state index contributed by atoms with van der Waals surface area (Å²) in [6.45, 7) is 0. The van der Waals surface area contributed by atoms with Crippen LogP contribution in [-0.2, 0) is 0 Å². The van der Waals surface area contributed by atoms with Crippen LogP contribution in [0.1, 0.15) is 0 Å². The topological polar surface area (TPSA) is 82.8 Å². The van der Waals surface area contributed by atoms with E-state index in [0.717, 1.165) is 33.5 Å². The second-order valence-electron chi connectivity index (χ2n) is 5.39. The van der Waals surface area contributed by atoms with Gasteiger partial charge >= 0.3 is 0 Å². The summed E-state index contributed by atoms with van der Waals surface area (Å²) in [4.78, 5) is 8.24. The number of nitrogen functional groups attached to an aromatic ring is 2. The van der Waals surface area contributed by atoms with Crippen LogP contribution in [0.25, 0.3) is 27.8 Å². The second kappa shape index (κ2) is 5.14. The van der Waals surface area contributed by atoms with Crippen LogP contribution in [0.5, 0.6) is 0 Å². The Bertz CT molecular complexity index is 1000. The van der Waals surface area contributed by atoms with Gasteiger partial charge in [-0.25, -0.2) is 9.97 Å². The van der Waals surface area contributed by atoms with Crippen molar-refractivity contribution in [1.29, 1.82) is 0 Å². The van der Waals surface area contributed by atoms with Gasteiger partial charge in [0.05, 0.1) is 5.52 Å². The lowest BCUT2D eigenvalue weighted by Crippen LogP contribution is -1.99. The molecule has 0 radical (unpaired) electrons. The van der Waals surface area contributed by atoms with Gasteiger partial charge < -0.3 is 16.0 Å². The van der Waals surface area contributed by atoms with Crippen molar-refractivity contribution < 1.29 is 0 Å². The lowest BCUT2D eigenvalue weighted by Gasteiger charge is -2.07. The fourth-order valence-corrected chi connectivity index (χ4v) is 2.72. The molecule has 0 saturated heterocycles. The molecule has 5 heteroatoms. The van der Waals surface area contributed by atoms with E-state index >= 15 is 0 Å². The van der Waals surface area contributed by atoms with E-state index < -0.39 is 0 Å². The lowest BCUT2D eigenvalue weighted by molar-refractivity contribution is 1.01. The first-order valence-corrected chi connectivity index (χ1v) is 7.26. The molecule has 0 saturated carbocycles. The molecule has 2 aromatic heterocycles. The van der Waals surface area contributed by atoms with E-state index in [-0.39, 0.29) is 0 Å². The minimum absolute atomic E-state index is 0.448. The van der Waals surface area contributed by atoms with Crippen LogP contribution in [0.4, 0.5) is 11.5 Å². The Hall–Kier alpha value is -3.34. The normalized spacial score (nSPS) is 11.0. The number of aromatic nitrogens is 3. The lowest BCUT2D eigenvalue weighted by atomic mass is 10.0. The number of fused-ring (bicyclic) bond motifs is 1. The highest BCUT2D eigenvalue weighted by atomic mass is 15.1. The van der Waals surface area contributed by atoms with E-state index in [1.807, 2.05) is 35.0 Å². The minimum Gasteiger partial charge on any atom is -0.399 e. The predicted octanol–water partition coefficient (Wildman–Crippen LogP) is 3.25. The molecule has 0 aliphatic rings. The predicted molar refractivity (Wildman–Crippen MR) is 93.1 cm³/mol. The molecule has 0 bridgehead atoms.